The van der Waals surface area contributed by atoms with Gasteiger partial charge < -0.3 is 10.3 Å². The van der Waals surface area contributed by atoms with Crippen LogP contribution in [0.1, 0.15) is 40.8 Å². The summed E-state index contributed by atoms with van der Waals surface area (Å²) in [5.41, 5.74) is 3.15. The van der Waals surface area contributed by atoms with Crippen molar-refractivity contribution in [3.05, 3.63) is 98.2 Å². The van der Waals surface area contributed by atoms with Gasteiger partial charge in [-0.3, -0.25) is 4.79 Å². The van der Waals surface area contributed by atoms with E-state index < -0.39 is 0 Å². The Balaban J connectivity index is 1.69. The second-order valence-electron chi connectivity index (χ2n) is 6.85. The molecule has 4 aromatic rings. The zero-order chi connectivity index (χ0) is 18.8. The maximum atomic E-state index is 12.4. The van der Waals surface area contributed by atoms with Gasteiger partial charge in [0, 0.05) is 5.56 Å². The van der Waals surface area contributed by atoms with E-state index in [1.54, 1.807) is 17.4 Å². The van der Waals surface area contributed by atoms with Crippen LogP contribution in [0.15, 0.2) is 70.8 Å². The first-order valence-electron chi connectivity index (χ1n) is 9.06. The predicted molar refractivity (Wildman–Crippen MR) is 110 cm³/mol. The van der Waals surface area contributed by atoms with Crippen molar-refractivity contribution < 1.29 is 5.32 Å². The SMILES string of the molecule is Cc1ccc([C@H]([NH2+][C@H](C)c2nc3ccccc3c(=O)[nH]2)c2cccs2)cc1. The highest BCUT2D eigenvalue weighted by molar-refractivity contribution is 7.10. The fourth-order valence-corrected chi connectivity index (χ4v) is 4.14. The molecule has 0 amide bonds. The number of thiophene rings is 1. The molecule has 2 heterocycles. The number of H-pyrrole nitrogens is 1. The average molecular weight is 377 g/mol. The second-order valence-corrected chi connectivity index (χ2v) is 7.83. The summed E-state index contributed by atoms with van der Waals surface area (Å²) in [4.78, 5) is 21.4. The van der Waals surface area contributed by atoms with Gasteiger partial charge in [-0.15, -0.1) is 11.3 Å². The van der Waals surface area contributed by atoms with Gasteiger partial charge in [0.2, 0.25) is 0 Å². The van der Waals surface area contributed by atoms with E-state index in [4.69, 9.17) is 4.98 Å². The van der Waals surface area contributed by atoms with Gasteiger partial charge in [0.15, 0.2) is 5.82 Å². The number of nitrogens with two attached hydrogens (primary N) is 1. The summed E-state index contributed by atoms with van der Waals surface area (Å²) < 4.78 is 0. The van der Waals surface area contributed by atoms with Gasteiger partial charge in [-0.2, -0.15) is 0 Å². The normalized spacial score (nSPS) is 13.6. The van der Waals surface area contributed by atoms with Crippen LogP contribution in [0.25, 0.3) is 10.9 Å². The van der Waals surface area contributed by atoms with Crippen molar-refractivity contribution in [3.8, 4) is 0 Å². The highest BCUT2D eigenvalue weighted by Gasteiger charge is 2.24. The fraction of sp³-hybridized carbons (Fsp3) is 0.182. The summed E-state index contributed by atoms with van der Waals surface area (Å²) in [5, 5.41) is 5.00. The van der Waals surface area contributed by atoms with E-state index in [1.165, 1.54) is 16.0 Å². The summed E-state index contributed by atoms with van der Waals surface area (Å²) in [6.07, 6.45) is 0. The Hall–Kier alpha value is -2.76. The van der Waals surface area contributed by atoms with Crippen molar-refractivity contribution in [1.29, 1.82) is 0 Å². The van der Waals surface area contributed by atoms with Crippen molar-refractivity contribution in [2.45, 2.75) is 25.9 Å². The number of hydrogen-bond acceptors (Lipinski definition) is 3. The third-order valence-corrected chi connectivity index (χ3v) is 5.79. The van der Waals surface area contributed by atoms with Crippen molar-refractivity contribution in [3.63, 3.8) is 0 Å². The van der Waals surface area contributed by atoms with Gasteiger partial charge in [-0.1, -0.05) is 48.0 Å². The van der Waals surface area contributed by atoms with Crippen molar-refractivity contribution in [1.82, 2.24) is 9.97 Å². The average Bonchev–Trinajstić information content (AvgIpc) is 3.21. The minimum absolute atomic E-state index is 0.00992. The number of benzene rings is 2. The Morgan fingerprint density at radius 1 is 1.04 bits per heavy atom. The van der Waals surface area contributed by atoms with Gasteiger partial charge in [-0.05, 0) is 37.4 Å². The van der Waals surface area contributed by atoms with E-state index in [0.717, 1.165) is 5.52 Å². The molecule has 4 rings (SSSR count). The quantitative estimate of drug-likeness (QED) is 0.558. The number of aromatic nitrogens is 2. The maximum Gasteiger partial charge on any atom is 0.258 e. The molecule has 0 aliphatic carbocycles. The molecule has 2 aromatic carbocycles. The Morgan fingerprint density at radius 2 is 1.81 bits per heavy atom. The molecule has 0 unspecified atom stereocenters. The molecule has 4 nitrogen and oxygen atoms in total. The molecule has 2 atom stereocenters. The highest BCUT2D eigenvalue weighted by atomic mass is 32.1. The molecule has 0 spiro atoms. The number of para-hydroxylation sites is 1. The van der Waals surface area contributed by atoms with E-state index in [1.807, 2.05) is 18.2 Å². The minimum atomic E-state index is -0.0844. The standard InChI is InChI=1S/C22H21N3OS/c1-14-9-11-16(12-10-14)20(19-8-5-13-27-19)23-15(2)21-24-18-7-4-3-6-17(18)22(26)25-21/h3-13,15,20,23H,1-2H3,(H,24,25,26)/p+1/t15-,20+/m1/s1. The zero-order valence-corrected chi connectivity index (χ0v) is 16.2. The number of quaternary nitrogens is 1. The third kappa shape index (κ3) is 3.70. The van der Waals surface area contributed by atoms with Gasteiger partial charge in [0.05, 0.1) is 15.8 Å². The Kier molecular flexibility index (Phi) is 4.88. The Bertz CT molecular complexity index is 1100. The molecule has 2 aromatic heterocycles. The van der Waals surface area contributed by atoms with Crippen LogP contribution in [0.5, 0.6) is 0 Å². The second kappa shape index (κ2) is 7.47. The minimum Gasteiger partial charge on any atom is -0.327 e. The van der Waals surface area contributed by atoms with Crippen molar-refractivity contribution >= 4 is 22.2 Å². The molecule has 0 fully saturated rings. The molecule has 0 bridgehead atoms. The monoisotopic (exact) mass is 376 g/mol. The zero-order valence-electron chi connectivity index (χ0n) is 15.3. The van der Waals surface area contributed by atoms with Crippen LogP contribution in [0.4, 0.5) is 0 Å². The lowest BCUT2D eigenvalue weighted by Gasteiger charge is -2.19. The van der Waals surface area contributed by atoms with E-state index in [-0.39, 0.29) is 17.6 Å². The molecule has 27 heavy (non-hydrogen) atoms. The van der Waals surface area contributed by atoms with E-state index in [2.05, 4.69) is 65.9 Å². The molecular formula is C22H22N3OS+. The highest BCUT2D eigenvalue weighted by Crippen LogP contribution is 2.24. The predicted octanol–water partition coefficient (Wildman–Crippen LogP) is 3.71. The number of fused-ring (bicyclic) bond motifs is 1. The van der Waals surface area contributed by atoms with Crippen LogP contribution in [-0.2, 0) is 0 Å². The van der Waals surface area contributed by atoms with E-state index >= 15 is 0 Å². The lowest BCUT2D eigenvalue weighted by molar-refractivity contribution is -0.723. The summed E-state index contributed by atoms with van der Waals surface area (Å²) in [5.74, 6) is 0.701. The molecule has 0 aliphatic rings. The molecule has 0 saturated carbocycles. The summed E-state index contributed by atoms with van der Waals surface area (Å²) in [6.45, 7) is 4.18. The van der Waals surface area contributed by atoms with Crippen molar-refractivity contribution in [2.75, 3.05) is 0 Å². The van der Waals surface area contributed by atoms with Gasteiger partial charge in [-0.25, -0.2) is 4.98 Å². The first-order chi connectivity index (χ1) is 13.1. The van der Waals surface area contributed by atoms with E-state index in [9.17, 15) is 4.79 Å². The molecule has 5 heteroatoms. The molecule has 0 saturated heterocycles. The van der Waals surface area contributed by atoms with Gasteiger partial charge >= 0.3 is 0 Å². The first kappa shape index (κ1) is 17.6. The molecule has 136 valence electrons. The van der Waals surface area contributed by atoms with Gasteiger partial charge in [0.25, 0.3) is 5.56 Å². The number of aryl methyl sites for hydroxylation is 1. The number of hydrogen-bond donors (Lipinski definition) is 2. The lowest BCUT2D eigenvalue weighted by Crippen LogP contribution is -2.86. The Morgan fingerprint density at radius 3 is 2.56 bits per heavy atom. The number of nitrogens with one attached hydrogen (secondary N) is 1. The van der Waals surface area contributed by atoms with Crippen LogP contribution >= 0.6 is 11.3 Å². The van der Waals surface area contributed by atoms with Crippen LogP contribution in [-0.4, -0.2) is 9.97 Å². The smallest absolute Gasteiger partial charge is 0.258 e. The summed E-state index contributed by atoms with van der Waals surface area (Å²) in [6, 6.07) is 20.5. The first-order valence-corrected chi connectivity index (χ1v) is 9.93. The van der Waals surface area contributed by atoms with Crippen LogP contribution < -0.4 is 10.9 Å². The number of nitrogens with zero attached hydrogens (tertiary/aromatic N) is 1. The largest absolute Gasteiger partial charge is 0.327 e. The topological polar surface area (TPSA) is 62.4 Å². The fourth-order valence-electron chi connectivity index (χ4n) is 3.31. The molecular weight excluding hydrogens is 354 g/mol. The van der Waals surface area contributed by atoms with Crippen LogP contribution in [0, 0.1) is 6.92 Å². The number of aromatic amines is 1. The molecule has 0 radical (unpaired) electrons. The molecule has 3 N–H and O–H groups in total. The summed E-state index contributed by atoms with van der Waals surface area (Å²) >= 11 is 1.75. The number of rotatable bonds is 5. The Labute approximate surface area is 161 Å². The van der Waals surface area contributed by atoms with E-state index in [0.29, 0.717) is 11.2 Å². The van der Waals surface area contributed by atoms with Gasteiger partial charge in [0.1, 0.15) is 12.1 Å². The van der Waals surface area contributed by atoms with Crippen LogP contribution in [0.2, 0.25) is 0 Å². The third-order valence-electron chi connectivity index (χ3n) is 4.83. The van der Waals surface area contributed by atoms with Crippen LogP contribution in [0.3, 0.4) is 0 Å². The lowest BCUT2D eigenvalue weighted by atomic mass is 10.0. The van der Waals surface area contributed by atoms with Crippen molar-refractivity contribution in [2.24, 2.45) is 0 Å². The molecule has 0 aliphatic heterocycles. The maximum absolute atomic E-state index is 12.4. The summed E-state index contributed by atoms with van der Waals surface area (Å²) in [7, 11) is 0.